The van der Waals surface area contributed by atoms with E-state index < -0.39 is 5.54 Å². The number of methoxy groups -OCH3 is 2. The highest BCUT2D eigenvalue weighted by Crippen LogP contribution is 2.31. The van der Waals surface area contributed by atoms with Crippen LogP contribution in [0.5, 0.6) is 11.6 Å². The van der Waals surface area contributed by atoms with Gasteiger partial charge in [-0.3, -0.25) is 9.59 Å². The topological polar surface area (TPSA) is 86.8 Å². The van der Waals surface area contributed by atoms with Crippen LogP contribution in [0.25, 0.3) is 0 Å². The van der Waals surface area contributed by atoms with Crippen LogP contribution in [0.3, 0.4) is 0 Å². The molecule has 0 aliphatic carbocycles. The van der Waals surface area contributed by atoms with Crippen molar-refractivity contribution < 1.29 is 23.8 Å². The second kappa shape index (κ2) is 10.1. The van der Waals surface area contributed by atoms with E-state index in [9.17, 15) is 9.59 Å². The summed E-state index contributed by atoms with van der Waals surface area (Å²) < 4.78 is 16.0. The second-order valence-electron chi connectivity index (χ2n) is 6.78. The Kier molecular flexibility index (Phi) is 8.51. The van der Waals surface area contributed by atoms with E-state index in [1.165, 1.54) is 14.0 Å². The summed E-state index contributed by atoms with van der Waals surface area (Å²) in [7, 11) is 3.11. The lowest BCUT2D eigenvalue weighted by molar-refractivity contribution is -0.121. The predicted octanol–water partition coefficient (Wildman–Crippen LogP) is 2.41. The third-order valence-electron chi connectivity index (χ3n) is 4.42. The minimum absolute atomic E-state index is 0.119. The molecule has 26 heavy (non-hydrogen) atoms. The fourth-order valence-corrected chi connectivity index (χ4v) is 2.60. The molecule has 0 saturated heterocycles. The highest BCUT2D eigenvalue weighted by atomic mass is 16.5. The Bertz CT molecular complexity index is 618. The number of amides is 1. The SMILES string of the molecule is COCCCOc1cc(CC(C)(NC(C)=O)C(C)C)c(C=O)nc1OC. The molecule has 1 heterocycles. The zero-order chi connectivity index (χ0) is 19.7. The average Bonchev–Trinajstić information content (AvgIpc) is 2.58. The van der Waals surface area contributed by atoms with E-state index >= 15 is 0 Å². The molecule has 0 aliphatic rings. The zero-order valence-electron chi connectivity index (χ0n) is 16.5. The summed E-state index contributed by atoms with van der Waals surface area (Å²) in [6.07, 6.45) is 1.87. The number of rotatable bonds is 11. The van der Waals surface area contributed by atoms with Crippen molar-refractivity contribution in [2.75, 3.05) is 27.4 Å². The molecule has 0 fully saturated rings. The van der Waals surface area contributed by atoms with Gasteiger partial charge in [-0.15, -0.1) is 0 Å². The number of carbonyl (C=O) groups excluding carboxylic acids is 2. The third kappa shape index (κ3) is 5.98. The number of nitrogens with one attached hydrogen (secondary N) is 1. The molecule has 0 spiro atoms. The number of carbonyl (C=O) groups is 2. The van der Waals surface area contributed by atoms with Crippen LogP contribution in [-0.4, -0.2) is 50.1 Å². The highest BCUT2D eigenvalue weighted by molar-refractivity contribution is 5.76. The molecule has 1 N–H and O–H groups in total. The predicted molar refractivity (Wildman–Crippen MR) is 98.9 cm³/mol. The Morgan fingerprint density at radius 3 is 2.54 bits per heavy atom. The quantitative estimate of drug-likeness (QED) is 0.478. The monoisotopic (exact) mass is 366 g/mol. The summed E-state index contributed by atoms with van der Waals surface area (Å²) >= 11 is 0. The van der Waals surface area contributed by atoms with Crippen LogP contribution in [-0.2, 0) is 16.0 Å². The molecule has 0 radical (unpaired) electrons. The number of hydrogen-bond donors (Lipinski definition) is 1. The van der Waals surface area contributed by atoms with Gasteiger partial charge < -0.3 is 19.5 Å². The Balaban J connectivity index is 3.18. The van der Waals surface area contributed by atoms with Gasteiger partial charge in [0.05, 0.1) is 13.7 Å². The van der Waals surface area contributed by atoms with E-state index in [0.717, 1.165) is 6.42 Å². The van der Waals surface area contributed by atoms with Crippen molar-refractivity contribution in [3.05, 3.63) is 17.3 Å². The first-order valence-electron chi connectivity index (χ1n) is 8.71. The number of aldehydes is 1. The standard InChI is InChI=1S/C19H30N2O5/c1-13(2)19(4,21-14(3)23)11-15-10-17(26-9-7-8-24-5)18(25-6)20-16(15)12-22/h10,12-13H,7-9,11H2,1-6H3,(H,21,23). The maximum Gasteiger partial charge on any atom is 0.257 e. The van der Waals surface area contributed by atoms with E-state index in [0.29, 0.717) is 37.2 Å². The first-order valence-corrected chi connectivity index (χ1v) is 8.71. The van der Waals surface area contributed by atoms with E-state index in [1.807, 2.05) is 20.8 Å². The van der Waals surface area contributed by atoms with Crippen LogP contribution in [0.2, 0.25) is 0 Å². The Morgan fingerprint density at radius 1 is 1.35 bits per heavy atom. The summed E-state index contributed by atoms with van der Waals surface area (Å²) in [6.45, 7) is 8.52. The van der Waals surface area contributed by atoms with Crippen LogP contribution >= 0.6 is 0 Å². The molecule has 1 rings (SSSR count). The van der Waals surface area contributed by atoms with Gasteiger partial charge in [0, 0.05) is 32.6 Å². The van der Waals surface area contributed by atoms with E-state index in [4.69, 9.17) is 14.2 Å². The number of nitrogens with zero attached hydrogens (tertiary/aromatic N) is 1. The lowest BCUT2D eigenvalue weighted by atomic mass is 9.82. The molecule has 1 unspecified atom stereocenters. The minimum atomic E-state index is -0.521. The van der Waals surface area contributed by atoms with Crippen LogP contribution in [0, 0.1) is 5.92 Å². The molecule has 0 aromatic carbocycles. The van der Waals surface area contributed by atoms with Gasteiger partial charge in [0.25, 0.3) is 5.88 Å². The molecule has 1 amide bonds. The number of aromatic nitrogens is 1. The van der Waals surface area contributed by atoms with Crippen LogP contribution in [0.1, 0.15) is 50.2 Å². The summed E-state index contributed by atoms with van der Waals surface area (Å²) in [5, 5.41) is 2.99. The normalized spacial score (nSPS) is 13.2. The van der Waals surface area contributed by atoms with E-state index in [1.54, 1.807) is 13.2 Å². The van der Waals surface area contributed by atoms with Crippen molar-refractivity contribution in [1.29, 1.82) is 0 Å². The molecule has 1 atom stereocenters. The van der Waals surface area contributed by atoms with Crippen molar-refractivity contribution in [3.8, 4) is 11.6 Å². The second-order valence-corrected chi connectivity index (χ2v) is 6.78. The van der Waals surface area contributed by atoms with Gasteiger partial charge in [-0.05, 0) is 30.9 Å². The zero-order valence-corrected chi connectivity index (χ0v) is 16.5. The smallest absolute Gasteiger partial charge is 0.257 e. The van der Waals surface area contributed by atoms with Crippen LogP contribution in [0.4, 0.5) is 0 Å². The molecule has 0 aliphatic heterocycles. The maximum absolute atomic E-state index is 11.6. The minimum Gasteiger partial charge on any atom is -0.488 e. The number of ether oxygens (including phenoxy) is 3. The lowest BCUT2D eigenvalue weighted by Crippen LogP contribution is -2.51. The Hall–Kier alpha value is -2.15. The highest BCUT2D eigenvalue weighted by Gasteiger charge is 2.31. The van der Waals surface area contributed by atoms with Crippen molar-refractivity contribution in [1.82, 2.24) is 10.3 Å². The molecule has 0 bridgehead atoms. The molecule has 0 saturated carbocycles. The molecule has 1 aromatic heterocycles. The largest absolute Gasteiger partial charge is 0.488 e. The Labute approximate surface area is 155 Å². The summed E-state index contributed by atoms with van der Waals surface area (Å²) in [5.41, 5.74) is 0.462. The van der Waals surface area contributed by atoms with Gasteiger partial charge in [0.1, 0.15) is 5.69 Å². The fourth-order valence-electron chi connectivity index (χ4n) is 2.60. The van der Waals surface area contributed by atoms with Crippen molar-refractivity contribution in [2.24, 2.45) is 5.92 Å². The number of pyridine rings is 1. The molecular weight excluding hydrogens is 336 g/mol. The first kappa shape index (κ1) is 21.9. The molecule has 7 heteroatoms. The van der Waals surface area contributed by atoms with Crippen LogP contribution < -0.4 is 14.8 Å². The van der Waals surface area contributed by atoms with E-state index in [2.05, 4.69) is 10.3 Å². The van der Waals surface area contributed by atoms with Gasteiger partial charge in [-0.25, -0.2) is 4.98 Å². The summed E-state index contributed by atoms with van der Waals surface area (Å²) in [4.78, 5) is 27.4. The van der Waals surface area contributed by atoms with Gasteiger partial charge >= 0.3 is 0 Å². The van der Waals surface area contributed by atoms with Gasteiger partial charge in [0.15, 0.2) is 12.0 Å². The van der Waals surface area contributed by atoms with Crippen molar-refractivity contribution in [2.45, 2.75) is 46.1 Å². The van der Waals surface area contributed by atoms with Gasteiger partial charge in [-0.2, -0.15) is 0 Å². The van der Waals surface area contributed by atoms with Crippen molar-refractivity contribution >= 4 is 12.2 Å². The van der Waals surface area contributed by atoms with Crippen LogP contribution in [0.15, 0.2) is 6.07 Å². The molecule has 146 valence electrons. The Morgan fingerprint density at radius 2 is 2.04 bits per heavy atom. The van der Waals surface area contributed by atoms with E-state index in [-0.39, 0.29) is 23.4 Å². The molecular formula is C19H30N2O5. The van der Waals surface area contributed by atoms with Gasteiger partial charge in [0.2, 0.25) is 5.91 Å². The average molecular weight is 366 g/mol. The summed E-state index contributed by atoms with van der Waals surface area (Å²) in [5.74, 6) is 0.766. The van der Waals surface area contributed by atoms with Crippen molar-refractivity contribution in [3.63, 3.8) is 0 Å². The first-order chi connectivity index (χ1) is 12.3. The fraction of sp³-hybridized carbons (Fsp3) is 0.632. The maximum atomic E-state index is 11.6. The number of hydrogen-bond acceptors (Lipinski definition) is 6. The molecule has 1 aromatic rings. The lowest BCUT2D eigenvalue weighted by Gasteiger charge is -2.35. The van der Waals surface area contributed by atoms with Gasteiger partial charge in [-0.1, -0.05) is 13.8 Å². The summed E-state index contributed by atoms with van der Waals surface area (Å²) in [6, 6.07) is 1.77. The third-order valence-corrected chi connectivity index (χ3v) is 4.42. The molecule has 7 nitrogen and oxygen atoms in total.